The zero-order valence-corrected chi connectivity index (χ0v) is 15.6. The fraction of sp³-hybridized carbons (Fsp3) is 0.800. The molecule has 0 aliphatic heterocycles. The number of ether oxygens (including phenoxy) is 1. The van der Waals surface area contributed by atoms with Gasteiger partial charge in [0.1, 0.15) is 5.60 Å². The highest BCUT2D eigenvalue weighted by Crippen LogP contribution is 2.52. The maximum Gasteiger partial charge on any atom is 0.335 e. The third kappa shape index (κ3) is 3.52. The Morgan fingerprint density at radius 2 is 1.79 bits per heavy atom. The van der Waals surface area contributed by atoms with Gasteiger partial charge in [-0.2, -0.15) is 0 Å². The first-order valence-electron chi connectivity index (χ1n) is 9.59. The van der Waals surface area contributed by atoms with Crippen LogP contribution in [0.1, 0.15) is 79.1 Å². The third-order valence-electron chi connectivity index (χ3n) is 6.23. The molecule has 0 saturated heterocycles. The van der Waals surface area contributed by atoms with Gasteiger partial charge in [0.15, 0.2) is 0 Å². The average molecular weight is 336 g/mol. The normalized spacial score (nSPS) is 26.1. The second-order valence-electron chi connectivity index (χ2n) is 7.62. The lowest BCUT2D eigenvalue weighted by atomic mass is 9.84. The summed E-state index contributed by atoms with van der Waals surface area (Å²) in [7, 11) is 0. The third-order valence-corrected chi connectivity index (χ3v) is 6.23. The number of esters is 1. The highest BCUT2D eigenvalue weighted by Gasteiger charge is 2.49. The molecule has 4 nitrogen and oxygen atoms in total. The Morgan fingerprint density at radius 1 is 1.12 bits per heavy atom. The van der Waals surface area contributed by atoms with E-state index in [0.29, 0.717) is 17.1 Å². The molecule has 0 heterocycles. The first-order valence-corrected chi connectivity index (χ1v) is 9.59. The van der Waals surface area contributed by atoms with Crippen LogP contribution in [-0.2, 0) is 14.3 Å². The van der Waals surface area contributed by atoms with Crippen molar-refractivity contribution in [2.24, 2.45) is 17.8 Å². The van der Waals surface area contributed by atoms with Crippen LogP contribution >= 0.6 is 0 Å². The molecule has 1 saturated carbocycles. The summed E-state index contributed by atoms with van der Waals surface area (Å²) in [6.45, 7) is 8.35. The van der Waals surface area contributed by atoms with E-state index >= 15 is 0 Å². The molecular weight excluding hydrogens is 304 g/mol. The van der Waals surface area contributed by atoms with Crippen molar-refractivity contribution in [3.8, 4) is 0 Å². The predicted octanol–water partition coefficient (Wildman–Crippen LogP) is 4.73. The Bertz CT molecular complexity index is 516. The first-order chi connectivity index (χ1) is 11.4. The molecule has 0 aromatic rings. The molecule has 0 aromatic heterocycles. The Labute approximate surface area is 145 Å². The largest absolute Gasteiger partial charge is 0.478 e. The van der Waals surface area contributed by atoms with E-state index in [-0.39, 0.29) is 17.8 Å². The summed E-state index contributed by atoms with van der Waals surface area (Å²) >= 11 is 0. The molecule has 0 amide bonds. The highest BCUT2D eigenvalue weighted by molar-refractivity contribution is 6.02. The number of hydrogen-bond donors (Lipinski definition) is 1. The zero-order chi connectivity index (χ0) is 17.9. The van der Waals surface area contributed by atoms with E-state index in [1.807, 2.05) is 0 Å². The van der Waals surface area contributed by atoms with Crippen molar-refractivity contribution in [3.63, 3.8) is 0 Å². The molecule has 3 unspecified atom stereocenters. The van der Waals surface area contributed by atoms with Gasteiger partial charge in [0.05, 0.1) is 11.1 Å². The Morgan fingerprint density at radius 3 is 2.33 bits per heavy atom. The van der Waals surface area contributed by atoms with Crippen molar-refractivity contribution < 1.29 is 19.4 Å². The van der Waals surface area contributed by atoms with Gasteiger partial charge in [0, 0.05) is 0 Å². The second-order valence-corrected chi connectivity index (χ2v) is 7.62. The number of carbonyl (C=O) groups is 2. The quantitative estimate of drug-likeness (QED) is 0.488. The number of fused-ring (bicyclic) bond motifs is 2. The summed E-state index contributed by atoms with van der Waals surface area (Å²) in [5, 5.41) is 9.59. The van der Waals surface area contributed by atoms with Crippen LogP contribution in [0.5, 0.6) is 0 Å². The number of aliphatic carboxylic acids is 1. The highest BCUT2D eigenvalue weighted by atomic mass is 16.6. The average Bonchev–Trinajstić information content (AvgIpc) is 3.10. The van der Waals surface area contributed by atoms with Gasteiger partial charge < -0.3 is 9.84 Å². The van der Waals surface area contributed by atoms with Crippen LogP contribution in [0.3, 0.4) is 0 Å². The van der Waals surface area contributed by atoms with E-state index < -0.39 is 11.6 Å². The van der Waals surface area contributed by atoms with E-state index in [0.717, 1.165) is 51.4 Å². The van der Waals surface area contributed by atoms with E-state index in [9.17, 15) is 14.7 Å². The molecule has 4 heteroatoms. The van der Waals surface area contributed by atoms with E-state index in [4.69, 9.17) is 4.74 Å². The van der Waals surface area contributed by atoms with Crippen molar-refractivity contribution >= 4 is 11.9 Å². The molecule has 2 rings (SSSR count). The first kappa shape index (κ1) is 19.0. The van der Waals surface area contributed by atoms with Crippen LogP contribution in [0.25, 0.3) is 0 Å². The minimum atomic E-state index is -0.939. The fourth-order valence-electron chi connectivity index (χ4n) is 4.60. The maximum atomic E-state index is 12.9. The van der Waals surface area contributed by atoms with Crippen LogP contribution < -0.4 is 0 Å². The zero-order valence-electron chi connectivity index (χ0n) is 15.6. The van der Waals surface area contributed by atoms with Gasteiger partial charge in [-0.3, -0.25) is 0 Å². The molecule has 2 bridgehead atoms. The number of carboxylic acid groups (broad SMARTS) is 1. The summed E-state index contributed by atoms with van der Waals surface area (Å²) in [4.78, 5) is 24.6. The monoisotopic (exact) mass is 336 g/mol. The van der Waals surface area contributed by atoms with Crippen LogP contribution in [-0.4, -0.2) is 22.6 Å². The van der Waals surface area contributed by atoms with Crippen molar-refractivity contribution in [2.45, 2.75) is 84.7 Å². The lowest BCUT2D eigenvalue weighted by molar-refractivity contribution is -0.158. The van der Waals surface area contributed by atoms with Crippen molar-refractivity contribution in [1.29, 1.82) is 0 Å². The summed E-state index contributed by atoms with van der Waals surface area (Å²) < 4.78 is 5.98. The molecule has 1 N–H and O–H groups in total. The van der Waals surface area contributed by atoms with Crippen LogP contribution in [0, 0.1) is 17.8 Å². The Balaban J connectivity index is 2.20. The number of carboxylic acids is 1. The topological polar surface area (TPSA) is 63.6 Å². The van der Waals surface area contributed by atoms with Gasteiger partial charge in [-0.15, -0.1) is 0 Å². The summed E-state index contributed by atoms with van der Waals surface area (Å²) in [6, 6.07) is 0. The van der Waals surface area contributed by atoms with E-state index in [1.165, 1.54) is 0 Å². The van der Waals surface area contributed by atoms with Crippen molar-refractivity contribution in [2.75, 3.05) is 0 Å². The molecule has 3 atom stereocenters. The Kier molecular flexibility index (Phi) is 6.11. The minimum absolute atomic E-state index is 0.0211. The fourth-order valence-corrected chi connectivity index (χ4v) is 4.60. The van der Waals surface area contributed by atoms with Crippen LogP contribution in [0.4, 0.5) is 0 Å². The van der Waals surface area contributed by atoms with E-state index in [1.54, 1.807) is 0 Å². The lowest BCUT2D eigenvalue weighted by Gasteiger charge is -2.33. The summed E-state index contributed by atoms with van der Waals surface area (Å²) in [5.74, 6) is -0.861. The minimum Gasteiger partial charge on any atom is -0.478 e. The van der Waals surface area contributed by atoms with Gasteiger partial charge >= 0.3 is 11.9 Å². The summed E-state index contributed by atoms with van der Waals surface area (Å²) in [6.07, 6.45) is 7.43. The number of hydrogen-bond acceptors (Lipinski definition) is 3. The van der Waals surface area contributed by atoms with Crippen molar-refractivity contribution in [1.82, 2.24) is 0 Å². The van der Waals surface area contributed by atoms with Gasteiger partial charge in [-0.1, -0.05) is 40.5 Å². The lowest BCUT2D eigenvalue weighted by Crippen LogP contribution is -2.36. The molecule has 136 valence electrons. The van der Waals surface area contributed by atoms with Gasteiger partial charge in [-0.05, 0) is 56.3 Å². The number of unbranched alkanes of at least 4 members (excludes halogenated alkanes) is 2. The molecule has 0 radical (unpaired) electrons. The number of rotatable bonds is 9. The van der Waals surface area contributed by atoms with E-state index in [2.05, 4.69) is 27.7 Å². The molecule has 24 heavy (non-hydrogen) atoms. The van der Waals surface area contributed by atoms with Crippen LogP contribution in [0.2, 0.25) is 0 Å². The molecule has 2 aliphatic carbocycles. The molecule has 1 fully saturated rings. The van der Waals surface area contributed by atoms with Crippen LogP contribution in [0.15, 0.2) is 11.1 Å². The standard InChI is InChI=1S/C20H32O4/c1-5-8-9-10-20(6-2,7-3)24-19(23)16-14-11-13(4)15(12-14)17(16)18(21)22/h13-15H,5-12H2,1-4H3,(H,21,22). The summed E-state index contributed by atoms with van der Waals surface area (Å²) in [5.41, 5.74) is 0.349. The van der Waals surface area contributed by atoms with Gasteiger partial charge in [0.2, 0.25) is 0 Å². The number of carbonyl (C=O) groups excluding carboxylic acids is 1. The SMILES string of the molecule is CCCCCC(CC)(CC)OC(=O)C1=C(C(=O)O)C2CC1CC2C. The molecular formula is C20H32O4. The smallest absolute Gasteiger partial charge is 0.335 e. The second kappa shape index (κ2) is 7.71. The molecule has 0 aromatic carbocycles. The maximum absolute atomic E-state index is 12.9. The van der Waals surface area contributed by atoms with Gasteiger partial charge in [-0.25, -0.2) is 9.59 Å². The molecule has 0 spiro atoms. The van der Waals surface area contributed by atoms with Gasteiger partial charge in [0.25, 0.3) is 0 Å². The Hall–Kier alpha value is -1.32. The molecule has 2 aliphatic rings. The predicted molar refractivity (Wildman–Crippen MR) is 93.6 cm³/mol. The van der Waals surface area contributed by atoms with Crippen molar-refractivity contribution in [3.05, 3.63) is 11.1 Å².